The highest BCUT2D eigenvalue weighted by atomic mass is 16.5. The summed E-state index contributed by atoms with van der Waals surface area (Å²) < 4.78 is 5.28. The number of aliphatic hydroxyl groups excluding tert-OH is 1. The molecule has 3 nitrogen and oxygen atoms in total. The highest BCUT2D eigenvalue weighted by Crippen LogP contribution is 2.34. The van der Waals surface area contributed by atoms with Gasteiger partial charge in [-0.3, -0.25) is 0 Å². The Balaban J connectivity index is 1.72. The van der Waals surface area contributed by atoms with Gasteiger partial charge in [0.25, 0.3) is 0 Å². The molecule has 2 rings (SSSR count). The molecular formula is C9H17NO2. The summed E-state index contributed by atoms with van der Waals surface area (Å²) in [6.07, 6.45) is 3.38. The molecule has 0 aromatic rings. The maximum Gasteiger partial charge on any atom is 0.0718 e. The van der Waals surface area contributed by atoms with Crippen LogP contribution >= 0.6 is 0 Å². The predicted molar refractivity (Wildman–Crippen MR) is 46.0 cm³/mol. The zero-order chi connectivity index (χ0) is 8.39. The van der Waals surface area contributed by atoms with E-state index in [0.717, 1.165) is 25.5 Å². The second-order valence-electron chi connectivity index (χ2n) is 3.88. The lowest BCUT2D eigenvalue weighted by atomic mass is 10.1. The van der Waals surface area contributed by atoms with Gasteiger partial charge in [-0.15, -0.1) is 0 Å². The van der Waals surface area contributed by atoms with Gasteiger partial charge in [-0.2, -0.15) is 0 Å². The Morgan fingerprint density at radius 2 is 2.33 bits per heavy atom. The lowest BCUT2D eigenvalue weighted by Crippen LogP contribution is -2.48. The lowest BCUT2D eigenvalue weighted by Gasteiger charge is -2.28. The van der Waals surface area contributed by atoms with E-state index in [0.29, 0.717) is 6.61 Å². The maximum atomic E-state index is 9.74. The van der Waals surface area contributed by atoms with Gasteiger partial charge in [-0.25, -0.2) is 0 Å². The van der Waals surface area contributed by atoms with Crippen LogP contribution in [-0.4, -0.2) is 37.0 Å². The van der Waals surface area contributed by atoms with E-state index in [1.807, 2.05) is 0 Å². The maximum absolute atomic E-state index is 9.74. The van der Waals surface area contributed by atoms with E-state index >= 15 is 0 Å². The van der Waals surface area contributed by atoms with Crippen LogP contribution in [0.2, 0.25) is 0 Å². The lowest BCUT2D eigenvalue weighted by molar-refractivity contribution is 0.0134. The minimum atomic E-state index is -0.196. The number of hydrogen-bond donors (Lipinski definition) is 2. The molecule has 1 aliphatic carbocycles. The second kappa shape index (κ2) is 3.73. The van der Waals surface area contributed by atoms with E-state index in [1.54, 1.807) is 0 Å². The van der Waals surface area contributed by atoms with Crippen molar-refractivity contribution in [2.75, 3.05) is 19.8 Å². The molecule has 0 amide bonds. The van der Waals surface area contributed by atoms with Crippen molar-refractivity contribution < 1.29 is 9.84 Å². The largest absolute Gasteiger partial charge is 0.391 e. The van der Waals surface area contributed by atoms with E-state index in [2.05, 4.69) is 5.32 Å². The Labute approximate surface area is 73.1 Å². The van der Waals surface area contributed by atoms with Crippen molar-refractivity contribution >= 4 is 0 Å². The topological polar surface area (TPSA) is 41.5 Å². The van der Waals surface area contributed by atoms with Crippen LogP contribution in [0, 0.1) is 5.92 Å². The van der Waals surface area contributed by atoms with E-state index in [4.69, 9.17) is 4.74 Å². The van der Waals surface area contributed by atoms with E-state index in [1.165, 1.54) is 12.8 Å². The monoisotopic (exact) mass is 171 g/mol. The molecule has 0 radical (unpaired) electrons. The van der Waals surface area contributed by atoms with Crippen LogP contribution < -0.4 is 5.32 Å². The Kier molecular flexibility index (Phi) is 2.63. The van der Waals surface area contributed by atoms with Crippen molar-refractivity contribution in [1.82, 2.24) is 5.32 Å². The Bertz CT molecular complexity index is 141. The van der Waals surface area contributed by atoms with Crippen LogP contribution in [-0.2, 0) is 4.74 Å². The molecule has 12 heavy (non-hydrogen) atoms. The quantitative estimate of drug-likeness (QED) is 0.634. The van der Waals surface area contributed by atoms with Gasteiger partial charge in [0.2, 0.25) is 0 Å². The minimum Gasteiger partial charge on any atom is -0.391 e. The summed E-state index contributed by atoms with van der Waals surface area (Å²) >= 11 is 0. The number of ether oxygens (including phenoxy) is 1. The molecule has 2 N–H and O–H groups in total. The number of nitrogens with one attached hydrogen (secondary N) is 1. The summed E-state index contributed by atoms with van der Waals surface area (Å²) in [5, 5.41) is 13.0. The number of rotatable bonds is 3. The summed E-state index contributed by atoms with van der Waals surface area (Å²) in [4.78, 5) is 0. The van der Waals surface area contributed by atoms with E-state index in [9.17, 15) is 5.11 Å². The Morgan fingerprint density at radius 1 is 1.50 bits per heavy atom. The van der Waals surface area contributed by atoms with Crippen LogP contribution in [0.25, 0.3) is 0 Å². The average molecular weight is 171 g/mol. The molecule has 1 heterocycles. The fourth-order valence-corrected chi connectivity index (χ4v) is 1.69. The third-order valence-electron chi connectivity index (χ3n) is 2.69. The van der Waals surface area contributed by atoms with Crippen molar-refractivity contribution in [3.63, 3.8) is 0 Å². The molecule has 2 aliphatic rings. The first-order valence-electron chi connectivity index (χ1n) is 4.85. The summed E-state index contributed by atoms with van der Waals surface area (Å²) in [5.74, 6) is 0.795. The Hall–Kier alpha value is -0.120. The first kappa shape index (κ1) is 8.48. The van der Waals surface area contributed by atoms with Gasteiger partial charge >= 0.3 is 0 Å². The molecular weight excluding hydrogens is 154 g/mol. The smallest absolute Gasteiger partial charge is 0.0718 e. The zero-order valence-electron chi connectivity index (χ0n) is 7.33. The van der Waals surface area contributed by atoms with Crippen molar-refractivity contribution in [2.45, 2.75) is 31.4 Å². The van der Waals surface area contributed by atoms with Gasteiger partial charge in [0.05, 0.1) is 25.4 Å². The third kappa shape index (κ3) is 2.19. The van der Waals surface area contributed by atoms with Gasteiger partial charge in [0.1, 0.15) is 0 Å². The first-order valence-corrected chi connectivity index (χ1v) is 4.85. The Morgan fingerprint density at radius 3 is 2.92 bits per heavy atom. The summed E-state index contributed by atoms with van der Waals surface area (Å²) in [6, 6.07) is 0.180. The van der Waals surface area contributed by atoms with Gasteiger partial charge in [0, 0.05) is 6.54 Å². The average Bonchev–Trinajstić information content (AvgIpc) is 2.90. The third-order valence-corrected chi connectivity index (χ3v) is 2.69. The zero-order valence-corrected chi connectivity index (χ0v) is 7.33. The van der Waals surface area contributed by atoms with Crippen molar-refractivity contribution in [3.05, 3.63) is 0 Å². The highest BCUT2D eigenvalue weighted by Gasteiger charge is 2.29. The van der Waals surface area contributed by atoms with Crippen molar-refractivity contribution in [1.29, 1.82) is 0 Å². The molecule has 2 unspecified atom stereocenters. The standard InChI is InChI=1S/C9H17NO2/c11-9(5-7-1-2-7)8-6-12-4-3-10-8/h7-11H,1-6H2. The van der Waals surface area contributed by atoms with Crippen LogP contribution in [0.4, 0.5) is 0 Å². The van der Waals surface area contributed by atoms with Gasteiger partial charge < -0.3 is 15.2 Å². The van der Waals surface area contributed by atoms with E-state index < -0.39 is 0 Å². The molecule has 0 spiro atoms. The van der Waals surface area contributed by atoms with Gasteiger partial charge in [-0.05, 0) is 12.3 Å². The summed E-state index contributed by atoms with van der Waals surface area (Å²) in [5.41, 5.74) is 0. The molecule has 1 saturated carbocycles. The number of hydrogen-bond acceptors (Lipinski definition) is 3. The van der Waals surface area contributed by atoms with Crippen LogP contribution in [0.15, 0.2) is 0 Å². The van der Waals surface area contributed by atoms with Crippen molar-refractivity contribution in [2.24, 2.45) is 5.92 Å². The predicted octanol–water partition coefficient (Wildman–Crippen LogP) is 0.136. The van der Waals surface area contributed by atoms with Crippen LogP contribution in [0.5, 0.6) is 0 Å². The normalized spacial score (nSPS) is 33.2. The number of aliphatic hydroxyl groups is 1. The first-order chi connectivity index (χ1) is 5.86. The molecule has 2 atom stereocenters. The van der Waals surface area contributed by atoms with Crippen molar-refractivity contribution in [3.8, 4) is 0 Å². The van der Waals surface area contributed by atoms with Gasteiger partial charge in [-0.1, -0.05) is 12.8 Å². The molecule has 2 fully saturated rings. The summed E-state index contributed by atoms with van der Waals surface area (Å²) in [6.45, 7) is 2.34. The second-order valence-corrected chi connectivity index (χ2v) is 3.88. The highest BCUT2D eigenvalue weighted by molar-refractivity contribution is 4.84. The molecule has 0 aromatic heterocycles. The summed E-state index contributed by atoms with van der Waals surface area (Å²) in [7, 11) is 0. The van der Waals surface area contributed by atoms with E-state index in [-0.39, 0.29) is 12.1 Å². The number of morpholine rings is 1. The molecule has 1 saturated heterocycles. The molecule has 0 aromatic carbocycles. The fourth-order valence-electron chi connectivity index (χ4n) is 1.69. The molecule has 3 heteroatoms. The molecule has 1 aliphatic heterocycles. The SMILES string of the molecule is OC(CC1CC1)C1COCCN1. The molecule has 0 bridgehead atoms. The minimum absolute atomic E-state index is 0.180. The van der Waals surface area contributed by atoms with Crippen LogP contribution in [0.3, 0.4) is 0 Å². The fraction of sp³-hybridized carbons (Fsp3) is 1.00. The molecule has 70 valence electrons. The van der Waals surface area contributed by atoms with Gasteiger partial charge in [0.15, 0.2) is 0 Å². The van der Waals surface area contributed by atoms with Crippen LogP contribution in [0.1, 0.15) is 19.3 Å².